The fraction of sp³-hybridized carbons (Fsp3) is 0.533. The van der Waals surface area contributed by atoms with Gasteiger partial charge in [-0.15, -0.1) is 0 Å². The van der Waals surface area contributed by atoms with Crippen LogP contribution in [0.1, 0.15) is 44.0 Å². The van der Waals surface area contributed by atoms with Crippen LogP contribution in [0.25, 0.3) is 0 Å². The molecule has 1 rings (SSSR count). The highest BCUT2D eigenvalue weighted by atomic mass is 16.5. The van der Waals surface area contributed by atoms with Crippen LogP contribution in [0.2, 0.25) is 0 Å². The van der Waals surface area contributed by atoms with E-state index in [0.29, 0.717) is 12.1 Å². The Morgan fingerprint density at radius 2 is 1.95 bits per heavy atom. The Hall–Kier alpha value is -1.55. The molecule has 3 N–H and O–H groups in total. The van der Waals surface area contributed by atoms with Gasteiger partial charge in [0.15, 0.2) is 0 Å². The first-order valence-corrected chi connectivity index (χ1v) is 6.83. The molecule has 1 aromatic carbocycles. The monoisotopic (exact) mass is 264 g/mol. The largest absolute Gasteiger partial charge is 0.491 e. The number of ether oxygens (including phenoxy) is 1. The number of nitrogens with one attached hydrogen (secondary N) is 1. The first-order valence-electron chi connectivity index (χ1n) is 6.83. The van der Waals surface area contributed by atoms with Crippen molar-refractivity contribution in [2.24, 2.45) is 5.73 Å². The first-order chi connectivity index (χ1) is 9.02. The van der Waals surface area contributed by atoms with E-state index in [4.69, 9.17) is 10.5 Å². The first kappa shape index (κ1) is 15.5. The predicted octanol–water partition coefficient (Wildman–Crippen LogP) is 2.33. The third-order valence-electron chi connectivity index (χ3n) is 2.91. The molecule has 0 aliphatic heterocycles. The number of amides is 1. The second-order valence-electron chi connectivity index (χ2n) is 4.88. The second-order valence-corrected chi connectivity index (χ2v) is 4.88. The minimum atomic E-state index is -0.0734. The summed E-state index contributed by atoms with van der Waals surface area (Å²) in [4.78, 5) is 11.8. The van der Waals surface area contributed by atoms with Crippen molar-refractivity contribution in [3.63, 3.8) is 0 Å². The maximum absolute atomic E-state index is 11.8. The molecule has 2 atom stereocenters. The molecule has 0 saturated carbocycles. The van der Waals surface area contributed by atoms with E-state index in [1.165, 1.54) is 0 Å². The molecule has 0 radical (unpaired) electrons. The lowest BCUT2D eigenvalue weighted by atomic mass is 10.2. The molecule has 2 unspecified atom stereocenters. The van der Waals surface area contributed by atoms with Gasteiger partial charge in [-0.3, -0.25) is 4.79 Å². The third kappa shape index (κ3) is 5.75. The molecule has 0 saturated heterocycles. The van der Waals surface area contributed by atoms with Crippen molar-refractivity contribution < 1.29 is 9.53 Å². The average molecular weight is 264 g/mol. The molecule has 0 spiro atoms. The van der Waals surface area contributed by atoms with E-state index in [1.807, 2.05) is 26.0 Å². The summed E-state index contributed by atoms with van der Waals surface area (Å²) in [6, 6.07) is 7.31. The minimum absolute atomic E-state index is 0.0734. The van der Waals surface area contributed by atoms with Crippen molar-refractivity contribution in [2.75, 3.05) is 6.54 Å². The van der Waals surface area contributed by atoms with Gasteiger partial charge in [-0.25, -0.2) is 0 Å². The summed E-state index contributed by atoms with van der Waals surface area (Å²) >= 11 is 0. The quantitative estimate of drug-likeness (QED) is 0.794. The van der Waals surface area contributed by atoms with Crippen molar-refractivity contribution >= 4 is 5.91 Å². The van der Waals surface area contributed by atoms with E-state index in [0.717, 1.165) is 18.6 Å². The van der Waals surface area contributed by atoms with Crippen LogP contribution in [0.3, 0.4) is 0 Å². The molecule has 0 aliphatic rings. The molecule has 0 bridgehead atoms. The van der Waals surface area contributed by atoms with Crippen LogP contribution in [0.4, 0.5) is 0 Å². The van der Waals surface area contributed by atoms with Crippen LogP contribution in [0, 0.1) is 0 Å². The summed E-state index contributed by atoms with van der Waals surface area (Å²) < 4.78 is 5.66. The normalized spacial score (nSPS) is 13.7. The van der Waals surface area contributed by atoms with Crippen molar-refractivity contribution in [1.29, 1.82) is 0 Å². The Morgan fingerprint density at radius 1 is 1.32 bits per heavy atom. The van der Waals surface area contributed by atoms with Crippen molar-refractivity contribution in [3.8, 4) is 5.75 Å². The number of hydrogen-bond acceptors (Lipinski definition) is 3. The molecular weight excluding hydrogens is 240 g/mol. The molecule has 4 heteroatoms. The van der Waals surface area contributed by atoms with E-state index in [1.54, 1.807) is 12.1 Å². The molecule has 0 aliphatic carbocycles. The van der Waals surface area contributed by atoms with Gasteiger partial charge in [0.05, 0.1) is 6.10 Å². The van der Waals surface area contributed by atoms with Crippen molar-refractivity contribution in [2.45, 2.75) is 45.8 Å². The molecule has 19 heavy (non-hydrogen) atoms. The van der Waals surface area contributed by atoms with E-state index in [9.17, 15) is 4.79 Å². The van der Waals surface area contributed by atoms with Crippen LogP contribution < -0.4 is 15.8 Å². The van der Waals surface area contributed by atoms with Gasteiger partial charge in [0.25, 0.3) is 5.91 Å². The zero-order valence-corrected chi connectivity index (χ0v) is 12.0. The molecule has 1 amide bonds. The van der Waals surface area contributed by atoms with Gasteiger partial charge < -0.3 is 15.8 Å². The third-order valence-corrected chi connectivity index (χ3v) is 2.91. The highest BCUT2D eigenvalue weighted by molar-refractivity contribution is 5.94. The van der Waals surface area contributed by atoms with Gasteiger partial charge in [-0.05, 0) is 51.0 Å². The smallest absolute Gasteiger partial charge is 0.251 e. The highest BCUT2D eigenvalue weighted by Crippen LogP contribution is 2.14. The standard InChI is InChI=1S/C15H24N2O2/c1-4-12(3)19-14-7-5-13(6-8-14)15(18)17-10-9-11(2)16/h5-8,11-12H,4,9-10,16H2,1-3H3,(H,17,18). The molecule has 106 valence electrons. The van der Waals surface area contributed by atoms with Crippen molar-refractivity contribution in [1.82, 2.24) is 5.32 Å². The Kier molecular flexibility index (Phi) is 6.36. The molecular formula is C15H24N2O2. The number of carbonyl (C=O) groups excluding carboxylic acids is 1. The summed E-state index contributed by atoms with van der Waals surface area (Å²) in [6.45, 7) is 6.62. The van der Waals surface area contributed by atoms with Crippen LogP contribution in [0.5, 0.6) is 5.75 Å². The minimum Gasteiger partial charge on any atom is -0.491 e. The summed E-state index contributed by atoms with van der Waals surface area (Å²) in [7, 11) is 0. The summed E-state index contributed by atoms with van der Waals surface area (Å²) in [5, 5.41) is 2.84. The van der Waals surface area contributed by atoms with Gasteiger partial charge in [0, 0.05) is 18.2 Å². The number of hydrogen-bond donors (Lipinski definition) is 2. The summed E-state index contributed by atoms with van der Waals surface area (Å²) in [5.74, 6) is 0.720. The summed E-state index contributed by atoms with van der Waals surface area (Å²) in [6.07, 6.45) is 1.92. The van der Waals surface area contributed by atoms with E-state index in [2.05, 4.69) is 12.2 Å². The van der Waals surface area contributed by atoms with E-state index < -0.39 is 0 Å². The summed E-state index contributed by atoms with van der Waals surface area (Å²) in [5.41, 5.74) is 6.27. The Balaban J connectivity index is 2.48. The van der Waals surface area contributed by atoms with Gasteiger partial charge in [0.1, 0.15) is 5.75 Å². The predicted molar refractivity (Wildman–Crippen MR) is 77.4 cm³/mol. The molecule has 1 aromatic rings. The fourth-order valence-corrected chi connectivity index (χ4v) is 1.52. The number of rotatable bonds is 7. The lowest BCUT2D eigenvalue weighted by Gasteiger charge is -2.13. The van der Waals surface area contributed by atoms with E-state index in [-0.39, 0.29) is 18.1 Å². The molecule has 0 aromatic heterocycles. The lowest BCUT2D eigenvalue weighted by Crippen LogP contribution is -2.28. The molecule has 0 heterocycles. The fourth-order valence-electron chi connectivity index (χ4n) is 1.52. The Labute approximate surface area is 115 Å². The topological polar surface area (TPSA) is 64.3 Å². The average Bonchev–Trinajstić information content (AvgIpc) is 2.38. The van der Waals surface area contributed by atoms with Crippen LogP contribution in [-0.2, 0) is 0 Å². The van der Waals surface area contributed by atoms with Crippen molar-refractivity contribution in [3.05, 3.63) is 29.8 Å². The molecule has 0 fully saturated rings. The molecule has 4 nitrogen and oxygen atoms in total. The number of carbonyl (C=O) groups is 1. The van der Waals surface area contributed by atoms with Gasteiger partial charge >= 0.3 is 0 Å². The van der Waals surface area contributed by atoms with Crippen LogP contribution in [-0.4, -0.2) is 24.6 Å². The number of benzene rings is 1. The van der Waals surface area contributed by atoms with Gasteiger partial charge in [-0.1, -0.05) is 6.92 Å². The van der Waals surface area contributed by atoms with Gasteiger partial charge in [0.2, 0.25) is 0 Å². The SMILES string of the molecule is CCC(C)Oc1ccc(C(=O)NCCC(C)N)cc1. The maximum atomic E-state index is 11.8. The van der Waals surface area contributed by atoms with Crippen LogP contribution >= 0.6 is 0 Å². The lowest BCUT2D eigenvalue weighted by molar-refractivity contribution is 0.0952. The van der Waals surface area contributed by atoms with Crippen LogP contribution in [0.15, 0.2) is 24.3 Å². The zero-order valence-electron chi connectivity index (χ0n) is 12.0. The highest BCUT2D eigenvalue weighted by Gasteiger charge is 2.06. The Morgan fingerprint density at radius 3 is 2.47 bits per heavy atom. The Bertz CT molecular complexity index is 388. The van der Waals surface area contributed by atoms with E-state index >= 15 is 0 Å². The number of nitrogens with two attached hydrogens (primary N) is 1. The zero-order chi connectivity index (χ0) is 14.3. The van der Waals surface area contributed by atoms with Gasteiger partial charge in [-0.2, -0.15) is 0 Å². The second kappa shape index (κ2) is 7.79. The maximum Gasteiger partial charge on any atom is 0.251 e.